The standard InChI is InChI=1S/C15H24N2O2S/c1-12(2)20(18,19)15-8-7-13(16)11-14(15)17-9-5-3-4-6-10-17/h7-8,11-12H,3-6,9-10,16H2,1-2H3. The molecule has 0 amide bonds. The van der Waals surface area contributed by atoms with Crippen molar-refractivity contribution in [1.29, 1.82) is 0 Å². The molecular formula is C15H24N2O2S. The van der Waals surface area contributed by atoms with Gasteiger partial charge in [0.2, 0.25) is 0 Å². The highest BCUT2D eigenvalue weighted by molar-refractivity contribution is 7.92. The molecule has 2 N–H and O–H groups in total. The van der Waals surface area contributed by atoms with Crippen LogP contribution in [0.3, 0.4) is 0 Å². The van der Waals surface area contributed by atoms with Gasteiger partial charge in [0.05, 0.1) is 15.8 Å². The summed E-state index contributed by atoms with van der Waals surface area (Å²) in [4.78, 5) is 2.60. The Morgan fingerprint density at radius 1 is 1.10 bits per heavy atom. The van der Waals surface area contributed by atoms with Crippen LogP contribution >= 0.6 is 0 Å². The molecule has 2 rings (SSSR count). The van der Waals surface area contributed by atoms with Crippen molar-refractivity contribution in [3.8, 4) is 0 Å². The van der Waals surface area contributed by atoms with Crippen molar-refractivity contribution in [2.45, 2.75) is 49.7 Å². The molecule has 1 aromatic rings. The average Bonchev–Trinajstić information content (AvgIpc) is 2.66. The van der Waals surface area contributed by atoms with Crippen molar-refractivity contribution in [3.63, 3.8) is 0 Å². The quantitative estimate of drug-likeness (QED) is 0.871. The van der Waals surface area contributed by atoms with Gasteiger partial charge >= 0.3 is 0 Å². The van der Waals surface area contributed by atoms with Gasteiger partial charge in [-0.15, -0.1) is 0 Å². The van der Waals surface area contributed by atoms with Gasteiger partial charge in [0.15, 0.2) is 9.84 Å². The van der Waals surface area contributed by atoms with Crippen molar-refractivity contribution in [1.82, 2.24) is 0 Å². The van der Waals surface area contributed by atoms with Crippen LogP contribution in [0.15, 0.2) is 23.1 Å². The van der Waals surface area contributed by atoms with Crippen molar-refractivity contribution < 1.29 is 8.42 Å². The summed E-state index contributed by atoms with van der Waals surface area (Å²) in [6.45, 7) is 5.25. The first-order valence-corrected chi connectivity index (χ1v) is 8.86. The Balaban J connectivity index is 2.48. The normalized spacial score (nSPS) is 17.2. The summed E-state index contributed by atoms with van der Waals surface area (Å²) in [6, 6.07) is 5.14. The molecule has 0 atom stereocenters. The van der Waals surface area contributed by atoms with E-state index in [1.165, 1.54) is 12.8 Å². The minimum atomic E-state index is -3.28. The van der Waals surface area contributed by atoms with Gasteiger partial charge in [0.1, 0.15) is 0 Å². The topological polar surface area (TPSA) is 63.4 Å². The molecule has 1 aromatic carbocycles. The van der Waals surface area contributed by atoms with Gasteiger partial charge in [-0.3, -0.25) is 0 Å². The SMILES string of the molecule is CC(C)S(=O)(=O)c1ccc(N)cc1N1CCCCCC1. The van der Waals surface area contributed by atoms with Gasteiger partial charge < -0.3 is 10.6 Å². The molecule has 0 unspecified atom stereocenters. The molecular weight excluding hydrogens is 272 g/mol. The molecule has 1 saturated heterocycles. The fraction of sp³-hybridized carbons (Fsp3) is 0.600. The minimum absolute atomic E-state index is 0.420. The lowest BCUT2D eigenvalue weighted by atomic mass is 10.2. The molecule has 1 fully saturated rings. The predicted molar refractivity (Wildman–Crippen MR) is 83.9 cm³/mol. The van der Waals surface area contributed by atoms with Crippen LogP contribution in [-0.2, 0) is 9.84 Å². The van der Waals surface area contributed by atoms with Crippen LogP contribution in [0.1, 0.15) is 39.5 Å². The molecule has 1 aliphatic heterocycles. The number of sulfone groups is 1. The summed E-state index contributed by atoms with van der Waals surface area (Å²) in [6.07, 6.45) is 4.64. The largest absolute Gasteiger partial charge is 0.399 e. The van der Waals surface area contributed by atoms with Crippen LogP contribution in [-0.4, -0.2) is 26.8 Å². The Morgan fingerprint density at radius 3 is 2.25 bits per heavy atom. The van der Waals surface area contributed by atoms with Crippen LogP contribution in [0, 0.1) is 0 Å². The zero-order valence-electron chi connectivity index (χ0n) is 12.3. The highest BCUT2D eigenvalue weighted by atomic mass is 32.2. The van der Waals surface area contributed by atoms with Crippen LogP contribution in [0.25, 0.3) is 0 Å². The van der Waals surface area contributed by atoms with Gasteiger partial charge in [-0.05, 0) is 44.9 Å². The summed E-state index contributed by atoms with van der Waals surface area (Å²) in [5.74, 6) is 0. The zero-order chi connectivity index (χ0) is 14.8. The number of rotatable bonds is 3. The third-order valence-corrected chi connectivity index (χ3v) is 6.06. The minimum Gasteiger partial charge on any atom is -0.399 e. The van der Waals surface area contributed by atoms with Crippen molar-refractivity contribution in [2.75, 3.05) is 23.7 Å². The molecule has 0 spiro atoms. The maximum atomic E-state index is 12.5. The van der Waals surface area contributed by atoms with Crippen LogP contribution < -0.4 is 10.6 Å². The van der Waals surface area contributed by atoms with Crippen molar-refractivity contribution >= 4 is 21.2 Å². The van der Waals surface area contributed by atoms with Gasteiger partial charge in [-0.1, -0.05) is 12.8 Å². The van der Waals surface area contributed by atoms with E-state index in [1.807, 2.05) is 0 Å². The molecule has 0 bridgehead atoms. The Morgan fingerprint density at radius 2 is 1.70 bits per heavy atom. The second kappa shape index (κ2) is 6.04. The molecule has 112 valence electrons. The third-order valence-electron chi connectivity index (χ3n) is 3.86. The van der Waals surface area contributed by atoms with Crippen molar-refractivity contribution in [3.05, 3.63) is 18.2 Å². The second-order valence-electron chi connectivity index (χ2n) is 5.72. The number of hydrogen-bond donors (Lipinski definition) is 1. The highest BCUT2D eigenvalue weighted by Gasteiger charge is 2.25. The smallest absolute Gasteiger partial charge is 0.182 e. The molecule has 0 radical (unpaired) electrons. The monoisotopic (exact) mass is 296 g/mol. The first-order valence-electron chi connectivity index (χ1n) is 7.31. The zero-order valence-corrected chi connectivity index (χ0v) is 13.1. The van der Waals surface area contributed by atoms with E-state index >= 15 is 0 Å². The van der Waals surface area contributed by atoms with E-state index in [1.54, 1.807) is 32.0 Å². The molecule has 0 aromatic heterocycles. The molecule has 4 nitrogen and oxygen atoms in total. The number of nitrogens with zero attached hydrogens (tertiary/aromatic N) is 1. The number of nitrogens with two attached hydrogens (primary N) is 1. The summed E-state index contributed by atoms with van der Waals surface area (Å²) in [5, 5.41) is -0.420. The summed E-state index contributed by atoms with van der Waals surface area (Å²) >= 11 is 0. The third kappa shape index (κ3) is 3.08. The van der Waals surface area contributed by atoms with E-state index in [9.17, 15) is 8.42 Å². The molecule has 5 heteroatoms. The van der Waals surface area contributed by atoms with Gasteiger partial charge in [0, 0.05) is 18.8 Å². The molecule has 20 heavy (non-hydrogen) atoms. The summed E-state index contributed by atoms with van der Waals surface area (Å²) in [7, 11) is -3.28. The number of hydrogen-bond acceptors (Lipinski definition) is 4. The number of benzene rings is 1. The maximum Gasteiger partial charge on any atom is 0.182 e. The predicted octanol–water partition coefficient (Wildman–Crippen LogP) is 2.83. The molecule has 0 aliphatic carbocycles. The molecule has 1 aliphatic rings. The Labute approximate surface area is 121 Å². The van der Waals surface area contributed by atoms with E-state index in [-0.39, 0.29) is 0 Å². The highest BCUT2D eigenvalue weighted by Crippen LogP contribution is 2.31. The fourth-order valence-electron chi connectivity index (χ4n) is 2.59. The van der Waals surface area contributed by atoms with Gasteiger partial charge in [-0.25, -0.2) is 8.42 Å². The second-order valence-corrected chi connectivity index (χ2v) is 8.19. The first kappa shape index (κ1) is 15.2. The van der Waals surface area contributed by atoms with Crippen LogP contribution in [0.5, 0.6) is 0 Å². The Kier molecular flexibility index (Phi) is 4.58. The lowest BCUT2D eigenvalue weighted by Crippen LogP contribution is -2.27. The average molecular weight is 296 g/mol. The summed E-state index contributed by atoms with van der Waals surface area (Å²) < 4.78 is 25.1. The Hall–Kier alpha value is -1.23. The van der Waals surface area contributed by atoms with E-state index in [0.29, 0.717) is 10.6 Å². The van der Waals surface area contributed by atoms with E-state index in [2.05, 4.69) is 4.90 Å². The van der Waals surface area contributed by atoms with E-state index < -0.39 is 15.1 Å². The fourth-order valence-corrected chi connectivity index (χ4v) is 3.83. The Bertz CT molecular complexity index is 559. The van der Waals surface area contributed by atoms with E-state index in [4.69, 9.17) is 5.73 Å². The lowest BCUT2D eigenvalue weighted by molar-refractivity contribution is 0.587. The lowest BCUT2D eigenvalue weighted by Gasteiger charge is -2.26. The summed E-state index contributed by atoms with van der Waals surface area (Å²) in [5.41, 5.74) is 7.27. The molecule has 0 saturated carbocycles. The van der Waals surface area contributed by atoms with Gasteiger partial charge in [-0.2, -0.15) is 0 Å². The number of anilines is 2. The van der Waals surface area contributed by atoms with Crippen LogP contribution in [0.4, 0.5) is 11.4 Å². The van der Waals surface area contributed by atoms with Crippen LogP contribution in [0.2, 0.25) is 0 Å². The van der Waals surface area contributed by atoms with Crippen molar-refractivity contribution in [2.24, 2.45) is 0 Å². The van der Waals surface area contributed by atoms with E-state index in [0.717, 1.165) is 31.6 Å². The molecule has 1 heterocycles. The maximum absolute atomic E-state index is 12.5. The first-order chi connectivity index (χ1) is 9.43. The van der Waals surface area contributed by atoms with Gasteiger partial charge in [0.25, 0.3) is 0 Å². The number of nitrogen functional groups attached to an aromatic ring is 1.